The summed E-state index contributed by atoms with van der Waals surface area (Å²) in [6.45, 7) is 2.26. The number of carbonyl (C=O) groups is 2. The van der Waals surface area contributed by atoms with Crippen LogP contribution in [0.4, 0.5) is 0 Å². The minimum Gasteiger partial charge on any atom is -0.356 e. The number of piperazine rings is 1. The van der Waals surface area contributed by atoms with Crippen LogP contribution in [0, 0.1) is 0 Å². The molecule has 2 atom stereocenters. The molecule has 2 aliphatic heterocycles. The van der Waals surface area contributed by atoms with E-state index in [-0.39, 0.29) is 24.3 Å². The zero-order chi connectivity index (χ0) is 18.8. The summed E-state index contributed by atoms with van der Waals surface area (Å²) in [5.41, 5.74) is 2.67. The van der Waals surface area contributed by atoms with Crippen molar-refractivity contribution in [2.45, 2.75) is 18.4 Å². The number of H-pyrrole nitrogens is 1. The normalized spacial score (nSPS) is 24.5. The van der Waals surface area contributed by atoms with Crippen LogP contribution >= 0.6 is 11.6 Å². The Balaban J connectivity index is 1.84. The number of nitrogens with one attached hydrogen (secondary N) is 2. The quantitative estimate of drug-likeness (QED) is 0.682. The number of hydrogen-bond acceptors (Lipinski definition) is 2. The van der Waals surface area contributed by atoms with Gasteiger partial charge in [-0.3, -0.25) is 9.59 Å². The van der Waals surface area contributed by atoms with Crippen molar-refractivity contribution in [2.24, 2.45) is 0 Å². The summed E-state index contributed by atoms with van der Waals surface area (Å²) < 4.78 is 0. The maximum absolute atomic E-state index is 12.9. The Morgan fingerprint density at radius 1 is 1.11 bits per heavy atom. The van der Waals surface area contributed by atoms with Crippen molar-refractivity contribution in [1.82, 2.24) is 15.2 Å². The Kier molecular flexibility index (Phi) is 3.40. The van der Waals surface area contributed by atoms with Gasteiger partial charge >= 0.3 is 0 Å². The molecule has 1 saturated heterocycles. The largest absolute Gasteiger partial charge is 0.356 e. The minimum absolute atomic E-state index is 0.0270. The van der Waals surface area contributed by atoms with E-state index in [0.717, 1.165) is 27.7 Å². The number of halogens is 1. The van der Waals surface area contributed by atoms with Crippen molar-refractivity contribution >= 4 is 34.3 Å². The van der Waals surface area contributed by atoms with Gasteiger partial charge in [0.15, 0.2) is 5.54 Å². The topological polar surface area (TPSA) is 65.2 Å². The fourth-order valence-corrected chi connectivity index (χ4v) is 4.79. The predicted molar refractivity (Wildman–Crippen MR) is 104 cm³/mol. The monoisotopic (exact) mass is 379 g/mol. The van der Waals surface area contributed by atoms with Gasteiger partial charge < -0.3 is 15.2 Å². The number of rotatable bonds is 1. The Morgan fingerprint density at radius 2 is 1.85 bits per heavy atom. The van der Waals surface area contributed by atoms with Crippen LogP contribution in [0.25, 0.3) is 10.9 Å². The number of hydrogen-bond donors (Lipinski definition) is 2. The standard InChI is InChI=1S/C21H18ClN3O2/c1-21-19-18(13-7-3-5-9-16(13)24-19)14(12-6-2-4-8-15(12)22)11-25(21)17(26)10-23-20(21)27/h2-9,14,24H,10-11H2,1H3,(H,23,27)/t14-,21+/m0/s1. The molecule has 2 N–H and O–H groups in total. The molecule has 0 bridgehead atoms. The van der Waals surface area contributed by atoms with Crippen LogP contribution in [0.2, 0.25) is 5.02 Å². The smallest absolute Gasteiger partial charge is 0.252 e. The molecule has 0 saturated carbocycles. The Bertz CT molecular complexity index is 1110. The number of aromatic amines is 1. The van der Waals surface area contributed by atoms with Crippen LogP contribution in [0.3, 0.4) is 0 Å². The van der Waals surface area contributed by atoms with Crippen molar-refractivity contribution in [1.29, 1.82) is 0 Å². The second-order valence-electron chi connectivity index (χ2n) is 7.29. The highest BCUT2D eigenvalue weighted by molar-refractivity contribution is 6.31. The Hall–Kier alpha value is -2.79. The molecule has 136 valence electrons. The molecule has 3 heterocycles. The van der Waals surface area contributed by atoms with Gasteiger partial charge in [0.1, 0.15) is 0 Å². The van der Waals surface area contributed by atoms with Gasteiger partial charge in [-0.1, -0.05) is 48.0 Å². The van der Waals surface area contributed by atoms with Crippen LogP contribution < -0.4 is 5.32 Å². The van der Waals surface area contributed by atoms with E-state index in [1.54, 1.807) is 4.90 Å². The molecular formula is C21H18ClN3O2. The third-order valence-corrected chi connectivity index (χ3v) is 6.25. The lowest BCUT2D eigenvalue weighted by molar-refractivity contribution is -0.154. The van der Waals surface area contributed by atoms with E-state index in [2.05, 4.69) is 16.4 Å². The molecule has 1 fully saturated rings. The predicted octanol–water partition coefficient (Wildman–Crippen LogP) is 3.14. The van der Waals surface area contributed by atoms with Gasteiger partial charge in [0.05, 0.1) is 12.2 Å². The number of amides is 2. The SMILES string of the molecule is C[C@@]12C(=O)NCC(=O)N1C[C@@H](c1ccccc1Cl)c1c2[nH]c2ccccc12. The lowest BCUT2D eigenvalue weighted by Crippen LogP contribution is -2.66. The van der Waals surface area contributed by atoms with E-state index in [0.29, 0.717) is 11.6 Å². The zero-order valence-electron chi connectivity index (χ0n) is 14.8. The second-order valence-corrected chi connectivity index (χ2v) is 7.70. The van der Waals surface area contributed by atoms with Crippen LogP contribution in [0.15, 0.2) is 48.5 Å². The molecule has 0 aliphatic carbocycles. The van der Waals surface area contributed by atoms with Gasteiger partial charge in [0, 0.05) is 28.4 Å². The molecule has 0 radical (unpaired) electrons. The fourth-order valence-electron chi connectivity index (χ4n) is 4.52. The van der Waals surface area contributed by atoms with Gasteiger partial charge in [-0.15, -0.1) is 0 Å². The van der Waals surface area contributed by atoms with E-state index >= 15 is 0 Å². The molecule has 5 rings (SSSR count). The molecule has 3 aromatic rings. The molecule has 5 nitrogen and oxygen atoms in total. The van der Waals surface area contributed by atoms with Gasteiger partial charge in [-0.05, 0) is 30.2 Å². The molecule has 1 aromatic heterocycles. The molecule has 2 aliphatic rings. The van der Waals surface area contributed by atoms with E-state index in [9.17, 15) is 9.59 Å². The van der Waals surface area contributed by atoms with Crippen molar-refractivity contribution in [3.05, 3.63) is 70.4 Å². The third kappa shape index (κ3) is 2.12. The van der Waals surface area contributed by atoms with Crippen molar-refractivity contribution in [2.75, 3.05) is 13.1 Å². The first-order valence-corrected chi connectivity index (χ1v) is 9.34. The first-order chi connectivity index (χ1) is 13.0. The summed E-state index contributed by atoms with van der Waals surface area (Å²) in [7, 11) is 0. The lowest BCUT2D eigenvalue weighted by atomic mass is 9.76. The van der Waals surface area contributed by atoms with Crippen molar-refractivity contribution in [3.63, 3.8) is 0 Å². The van der Waals surface area contributed by atoms with Crippen LogP contribution in [0.5, 0.6) is 0 Å². The average molecular weight is 380 g/mol. The van der Waals surface area contributed by atoms with Gasteiger partial charge in [-0.2, -0.15) is 0 Å². The van der Waals surface area contributed by atoms with Gasteiger partial charge in [0.2, 0.25) is 5.91 Å². The number of aromatic nitrogens is 1. The summed E-state index contributed by atoms with van der Waals surface area (Å²) in [5.74, 6) is -0.348. The van der Waals surface area contributed by atoms with Crippen LogP contribution in [-0.2, 0) is 15.1 Å². The maximum atomic E-state index is 12.9. The fraction of sp³-hybridized carbons (Fsp3) is 0.238. The van der Waals surface area contributed by atoms with E-state index < -0.39 is 5.54 Å². The van der Waals surface area contributed by atoms with Crippen molar-refractivity contribution in [3.8, 4) is 0 Å². The molecule has 2 aromatic carbocycles. The van der Waals surface area contributed by atoms with Crippen molar-refractivity contribution < 1.29 is 9.59 Å². The van der Waals surface area contributed by atoms with Gasteiger partial charge in [-0.25, -0.2) is 0 Å². The molecule has 0 spiro atoms. The third-order valence-electron chi connectivity index (χ3n) is 5.91. The first kappa shape index (κ1) is 16.4. The summed E-state index contributed by atoms with van der Waals surface area (Å²) in [5, 5.41) is 4.47. The minimum atomic E-state index is -1.05. The lowest BCUT2D eigenvalue weighted by Gasteiger charge is -2.48. The summed E-state index contributed by atoms with van der Waals surface area (Å²) in [6, 6.07) is 15.7. The summed E-state index contributed by atoms with van der Waals surface area (Å²) in [6.07, 6.45) is 0. The first-order valence-electron chi connectivity index (χ1n) is 8.96. The average Bonchev–Trinajstić information content (AvgIpc) is 3.07. The second kappa shape index (κ2) is 5.60. The van der Waals surface area contributed by atoms with E-state index in [1.165, 1.54) is 0 Å². The highest BCUT2D eigenvalue weighted by Crippen LogP contribution is 2.47. The Morgan fingerprint density at radius 3 is 2.67 bits per heavy atom. The number of fused-ring (bicyclic) bond motifs is 5. The highest BCUT2D eigenvalue weighted by Gasteiger charge is 2.54. The number of para-hydroxylation sites is 1. The molecular weight excluding hydrogens is 362 g/mol. The summed E-state index contributed by atoms with van der Waals surface area (Å²) >= 11 is 6.52. The van der Waals surface area contributed by atoms with E-state index in [4.69, 9.17) is 11.6 Å². The molecule has 0 unspecified atom stereocenters. The van der Waals surface area contributed by atoms with Crippen LogP contribution in [-0.4, -0.2) is 34.8 Å². The van der Waals surface area contributed by atoms with E-state index in [1.807, 2.05) is 49.4 Å². The number of benzene rings is 2. The molecule has 6 heteroatoms. The molecule has 27 heavy (non-hydrogen) atoms. The summed E-state index contributed by atoms with van der Waals surface area (Å²) in [4.78, 5) is 30.7. The maximum Gasteiger partial charge on any atom is 0.252 e. The van der Waals surface area contributed by atoms with Crippen LogP contribution in [0.1, 0.15) is 29.7 Å². The highest BCUT2D eigenvalue weighted by atomic mass is 35.5. The Labute approximate surface area is 161 Å². The number of nitrogens with zero attached hydrogens (tertiary/aromatic N) is 1. The zero-order valence-corrected chi connectivity index (χ0v) is 15.5. The molecule has 2 amide bonds. The number of carbonyl (C=O) groups excluding carboxylic acids is 2. The van der Waals surface area contributed by atoms with Gasteiger partial charge in [0.25, 0.3) is 5.91 Å².